The van der Waals surface area contributed by atoms with Crippen LogP contribution >= 0.6 is 11.6 Å². The van der Waals surface area contributed by atoms with E-state index < -0.39 is 22.7 Å². The summed E-state index contributed by atoms with van der Waals surface area (Å²) < 4.78 is 44.5. The first-order valence-corrected chi connectivity index (χ1v) is 10.5. The number of ether oxygens (including phenoxy) is 1. The molecule has 2 aromatic rings. The number of allylic oxidation sites excluding steroid dienone is 1. The van der Waals surface area contributed by atoms with E-state index in [2.05, 4.69) is 15.3 Å². The van der Waals surface area contributed by atoms with Gasteiger partial charge in [0, 0.05) is 25.8 Å². The van der Waals surface area contributed by atoms with E-state index in [0.29, 0.717) is 36.8 Å². The van der Waals surface area contributed by atoms with Crippen molar-refractivity contribution in [1.29, 1.82) is 5.41 Å². The van der Waals surface area contributed by atoms with E-state index in [-0.39, 0.29) is 24.4 Å². The molecule has 1 aromatic carbocycles. The molecule has 0 atom stereocenters. The maximum atomic E-state index is 13.2. The summed E-state index contributed by atoms with van der Waals surface area (Å²) in [5.74, 6) is -0.174. The SMILES string of the molecule is COCCN/C=C\C(=N)c1nc(C)nc2c1CCN(C(=O)c1cccc(C(F)(F)F)c1Cl)C2. The van der Waals surface area contributed by atoms with Gasteiger partial charge in [-0.1, -0.05) is 17.7 Å². The lowest BCUT2D eigenvalue weighted by Crippen LogP contribution is -2.38. The van der Waals surface area contributed by atoms with Gasteiger partial charge in [0.05, 0.1) is 46.4 Å². The normalized spacial score (nSPS) is 13.8. The predicted molar refractivity (Wildman–Crippen MR) is 118 cm³/mol. The lowest BCUT2D eigenvalue weighted by atomic mass is 9.99. The Hall–Kier alpha value is -2.98. The number of rotatable bonds is 7. The number of benzene rings is 1. The molecule has 1 aliphatic heterocycles. The van der Waals surface area contributed by atoms with Gasteiger partial charge in [0.2, 0.25) is 0 Å². The first kappa shape index (κ1) is 24.7. The van der Waals surface area contributed by atoms with E-state index in [1.807, 2.05) is 0 Å². The van der Waals surface area contributed by atoms with E-state index >= 15 is 0 Å². The van der Waals surface area contributed by atoms with Gasteiger partial charge in [-0.2, -0.15) is 13.2 Å². The molecule has 0 bridgehead atoms. The summed E-state index contributed by atoms with van der Waals surface area (Å²) in [7, 11) is 1.60. The molecule has 0 radical (unpaired) electrons. The third kappa shape index (κ3) is 5.69. The second kappa shape index (κ2) is 10.3. The van der Waals surface area contributed by atoms with Gasteiger partial charge in [0.25, 0.3) is 5.91 Å². The molecule has 1 aliphatic rings. The van der Waals surface area contributed by atoms with Crippen molar-refractivity contribution in [3.8, 4) is 0 Å². The quantitative estimate of drug-likeness (QED) is 0.464. The van der Waals surface area contributed by atoms with E-state index in [1.54, 1.807) is 26.3 Å². The van der Waals surface area contributed by atoms with Crippen molar-refractivity contribution in [2.45, 2.75) is 26.1 Å². The molecule has 0 saturated carbocycles. The third-order valence-electron chi connectivity index (χ3n) is 5.07. The van der Waals surface area contributed by atoms with Crippen LogP contribution in [0.15, 0.2) is 30.5 Å². The minimum Gasteiger partial charge on any atom is -0.389 e. The van der Waals surface area contributed by atoms with E-state index in [9.17, 15) is 18.0 Å². The Bertz CT molecular complexity index is 1090. The molecule has 1 amide bonds. The Kier molecular flexibility index (Phi) is 7.70. The van der Waals surface area contributed by atoms with Crippen LogP contribution in [-0.4, -0.2) is 53.3 Å². The molecule has 7 nitrogen and oxygen atoms in total. The number of carbonyl (C=O) groups is 1. The average molecular weight is 482 g/mol. The summed E-state index contributed by atoms with van der Waals surface area (Å²) in [6.45, 7) is 3.12. The topological polar surface area (TPSA) is 91.2 Å². The summed E-state index contributed by atoms with van der Waals surface area (Å²) in [4.78, 5) is 23.2. The zero-order chi connectivity index (χ0) is 24.2. The van der Waals surface area contributed by atoms with E-state index in [1.165, 1.54) is 17.0 Å². The Labute approximate surface area is 194 Å². The third-order valence-corrected chi connectivity index (χ3v) is 5.48. The van der Waals surface area contributed by atoms with E-state index in [0.717, 1.165) is 11.6 Å². The summed E-state index contributed by atoms with van der Waals surface area (Å²) in [6.07, 6.45) is -1.08. The Morgan fingerprint density at radius 3 is 2.82 bits per heavy atom. The van der Waals surface area contributed by atoms with Crippen molar-refractivity contribution in [2.24, 2.45) is 0 Å². The average Bonchev–Trinajstić information content (AvgIpc) is 2.76. The number of aromatic nitrogens is 2. The fraction of sp³-hybridized carbons (Fsp3) is 0.364. The summed E-state index contributed by atoms with van der Waals surface area (Å²) in [5, 5.41) is 10.8. The largest absolute Gasteiger partial charge is 0.417 e. The second-order valence-corrected chi connectivity index (χ2v) is 7.76. The molecular weight excluding hydrogens is 459 g/mol. The van der Waals surface area contributed by atoms with Crippen LogP contribution in [0.25, 0.3) is 0 Å². The van der Waals surface area contributed by atoms with Gasteiger partial charge in [0.15, 0.2) is 0 Å². The Balaban J connectivity index is 1.83. The lowest BCUT2D eigenvalue weighted by Gasteiger charge is -2.30. The van der Waals surface area contributed by atoms with Crippen LogP contribution < -0.4 is 5.32 Å². The number of halogens is 4. The molecule has 3 rings (SSSR count). The van der Waals surface area contributed by atoms with Gasteiger partial charge in [-0.25, -0.2) is 9.97 Å². The van der Waals surface area contributed by atoms with Crippen molar-refractivity contribution in [1.82, 2.24) is 20.2 Å². The van der Waals surface area contributed by atoms with Gasteiger partial charge >= 0.3 is 6.18 Å². The maximum absolute atomic E-state index is 13.2. The summed E-state index contributed by atoms with van der Waals surface area (Å²) in [5.41, 5.74) is 0.692. The highest BCUT2D eigenvalue weighted by Crippen LogP contribution is 2.37. The van der Waals surface area contributed by atoms with Gasteiger partial charge < -0.3 is 15.0 Å². The number of hydrogen-bond donors (Lipinski definition) is 2. The molecule has 0 unspecified atom stereocenters. The van der Waals surface area contributed by atoms with Gasteiger partial charge in [0.1, 0.15) is 5.82 Å². The number of alkyl halides is 3. The van der Waals surface area contributed by atoms with Crippen LogP contribution in [0.1, 0.15) is 38.7 Å². The Morgan fingerprint density at radius 2 is 2.12 bits per heavy atom. The van der Waals surface area contributed by atoms with Crippen molar-refractivity contribution in [3.63, 3.8) is 0 Å². The van der Waals surface area contributed by atoms with Crippen molar-refractivity contribution in [3.05, 3.63) is 69.4 Å². The van der Waals surface area contributed by atoms with E-state index in [4.69, 9.17) is 21.7 Å². The lowest BCUT2D eigenvalue weighted by molar-refractivity contribution is -0.137. The molecule has 2 heterocycles. The molecule has 176 valence electrons. The van der Waals surface area contributed by atoms with Crippen LogP contribution in [0, 0.1) is 12.3 Å². The molecule has 33 heavy (non-hydrogen) atoms. The smallest absolute Gasteiger partial charge is 0.389 e. The fourth-order valence-corrected chi connectivity index (χ4v) is 3.82. The Morgan fingerprint density at radius 1 is 1.36 bits per heavy atom. The number of aryl methyl sites for hydroxylation is 1. The van der Waals surface area contributed by atoms with Crippen molar-refractivity contribution in [2.75, 3.05) is 26.8 Å². The molecule has 1 aromatic heterocycles. The highest BCUT2D eigenvalue weighted by molar-refractivity contribution is 6.34. The maximum Gasteiger partial charge on any atom is 0.417 e. The molecule has 0 fully saturated rings. The number of nitrogens with one attached hydrogen (secondary N) is 2. The van der Waals surface area contributed by atoms with Crippen molar-refractivity contribution < 1.29 is 22.7 Å². The van der Waals surface area contributed by atoms with Gasteiger partial charge in [-0.05, 0) is 37.8 Å². The number of amides is 1. The summed E-state index contributed by atoms with van der Waals surface area (Å²) in [6, 6.07) is 3.29. The number of fused-ring (bicyclic) bond motifs is 1. The molecule has 0 saturated heterocycles. The zero-order valence-corrected chi connectivity index (χ0v) is 18.8. The number of nitrogens with zero attached hydrogens (tertiary/aromatic N) is 3. The number of hydrogen-bond acceptors (Lipinski definition) is 6. The fourth-order valence-electron chi connectivity index (χ4n) is 3.50. The second-order valence-electron chi connectivity index (χ2n) is 7.38. The minimum atomic E-state index is -4.66. The van der Waals surface area contributed by atoms with Gasteiger partial charge in [-0.15, -0.1) is 0 Å². The molecule has 2 N–H and O–H groups in total. The molecule has 0 aliphatic carbocycles. The monoisotopic (exact) mass is 481 g/mol. The number of carbonyl (C=O) groups excluding carboxylic acids is 1. The number of methoxy groups -OCH3 is 1. The molecule has 11 heteroatoms. The minimum absolute atomic E-state index is 0.0835. The highest BCUT2D eigenvalue weighted by atomic mass is 35.5. The van der Waals surface area contributed by atoms with Crippen LogP contribution in [0.2, 0.25) is 5.02 Å². The standard InChI is InChI=1S/C22H23ClF3N5O2/c1-13-29-18-12-31(21(32)15-4-3-5-16(19(15)23)22(24,25)26)10-7-14(18)20(30-13)17(27)6-8-28-9-11-33-2/h3-6,8,27-28H,7,9-12H2,1-2H3/b8-6-,27-17?. The first-order chi connectivity index (χ1) is 15.6. The predicted octanol–water partition coefficient (Wildman–Crippen LogP) is 3.77. The van der Waals surface area contributed by atoms with Crippen LogP contribution in [0.3, 0.4) is 0 Å². The zero-order valence-electron chi connectivity index (χ0n) is 18.1. The molecule has 0 spiro atoms. The van der Waals surface area contributed by atoms with Crippen molar-refractivity contribution >= 4 is 23.2 Å². The van der Waals surface area contributed by atoms with Crippen LogP contribution in [0.5, 0.6) is 0 Å². The van der Waals surface area contributed by atoms with Crippen LogP contribution in [0.4, 0.5) is 13.2 Å². The molecular formula is C22H23ClF3N5O2. The summed E-state index contributed by atoms with van der Waals surface area (Å²) >= 11 is 5.94. The van der Waals surface area contributed by atoms with Gasteiger partial charge in [-0.3, -0.25) is 10.2 Å². The first-order valence-electron chi connectivity index (χ1n) is 10.1. The van der Waals surface area contributed by atoms with Crippen LogP contribution in [-0.2, 0) is 23.9 Å². The highest BCUT2D eigenvalue weighted by Gasteiger charge is 2.36.